The molecule has 18 heavy (non-hydrogen) atoms. The Bertz CT molecular complexity index is 632. The second-order valence-corrected chi connectivity index (χ2v) is 7.04. The second kappa shape index (κ2) is 5.31. The van der Waals surface area contributed by atoms with Crippen LogP contribution in [-0.2, 0) is 23.1 Å². The van der Waals surface area contributed by atoms with Crippen LogP contribution in [0, 0.1) is 0 Å². The lowest BCUT2D eigenvalue weighted by Gasteiger charge is -2.04. The second-order valence-electron chi connectivity index (χ2n) is 3.33. The third kappa shape index (κ3) is 2.69. The first-order valence-electron chi connectivity index (χ1n) is 5.09. The average Bonchev–Trinajstić information content (AvgIpc) is 2.96. The van der Waals surface area contributed by atoms with Gasteiger partial charge < -0.3 is 5.11 Å². The average molecular weight is 305 g/mol. The summed E-state index contributed by atoms with van der Waals surface area (Å²) in [5, 5.41) is 19.3. The van der Waals surface area contributed by atoms with Crippen molar-refractivity contribution in [3.05, 3.63) is 21.3 Å². The molecule has 2 aromatic heterocycles. The van der Waals surface area contributed by atoms with E-state index in [1.165, 1.54) is 28.7 Å². The van der Waals surface area contributed by atoms with Gasteiger partial charge in [0.1, 0.15) is 9.90 Å². The topological polar surface area (TPSA) is 92.2 Å². The van der Waals surface area contributed by atoms with Gasteiger partial charge in [0.2, 0.25) is 5.13 Å². The van der Waals surface area contributed by atoms with Gasteiger partial charge >= 0.3 is 0 Å². The Hall–Kier alpha value is -1.03. The van der Waals surface area contributed by atoms with Crippen LogP contribution in [0.25, 0.3) is 0 Å². The number of nitrogens with one attached hydrogen (secondary N) is 1. The van der Waals surface area contributed by atoms with Crippen molar-refractivity contribution >= 4 is 37.8 Å². The van der Waals surface area contributed by atoms with E-state index in [0.29, 0.717) is 11.3 Å². The van der Waals surface area contributed by atoms with Crippen LogP contribution >= 0.6 is 22.7 Å². The maximum Gasteiger partial charge on any atom is 0.264 e. The highest BCUT2D eigenvalue weighted by Crippen LogP contribution is 2.25. The van der Waals surface area contributed by atoms with Crippen LogP contribution in [0.1, 0.15) is 16.8 Å². The summed E-state index contributed by atoms with van der Waals surface area (Å²) < 4.78 is 26.5. The minimum Gasteiger partial charge on any atom is -0.391 e. The van der Waals surface area contributed by atoms with E-state index in [4.69, 9.17) is 5.11 Å². The molecule has 98 valence electrons. The van der Waals surface area contributed by atoms with Crippen molar-refractivity contribution in [3.8, 4) is 0 Å². The van der Waals surface area contributed by atoms with Gasteiger partial charge in [-0.15, -0.1) is 21.5 Å². The lowest BCUT2D eigenvalue weighted by molar-refractivity contribution is 0.282. The quantitative estimate of drug-likeness (QED) is 0.872. The molecule has 0 aliphatic rings. The van der Waals surface area contributed by atoms with Gasteiger partial charge in [-0.2, -0.15) is 0 Å². The highest BCUT2D eigenvalue weighted by molar-refractivity contribution is 7.93. The zero-order valence-electron chi connectivity index (χ0n) is 9.45. The Labute approximate surface area is 112 Å². The maximum atomic E-state index is 12.1. The smallest absolute Gasteiger partial charge is 0.264 e. The first kappa shape index (κ1) is 13.4. The van der Waals surface area contributed by atoms with Gasteiger partial charge in [-0.25, -0.2) is 8.42 Å². The van der Waals surface area contributed by atoms with Crippen molar-refractivity contribution in [2.24, 2.45) is 0 Å². The van der Waals surface area contributed by atoms with Gasteiger partial charge in [0.15, 0.2) is 0 Å². The Morgan fingerprint density at radius 3 is 2.83 bits per heavy atom. The van der Waals surface area contributed by atoms with Gasteiger partial charge in [-0.3, -0.25) is 4.72 Å². The third-order valence-corrected chi connectivity index (χ3v) is 5.70. The molecule has 2 rings (SSSR count). The predicted molar refractivity (Wildman–Crippen MR) is 70.3 cm³/mol. The number of anilines is 1. The molecule has 9 heteroatoms. The Balaban J connectivity index is 2.27. The monoisotopic (exact) mass is 305 g/mol. The van der Waals surface area contributed by atoms with Crippen LogP contribution in [0.5, 0.6) is 0 Å². The van der Waals surface area contributed by atoms with Crippen molar-refractivity contribution in [2.45, 2.75) is 24.8 Å². The fraction of sp³-hybridized carbons (Fsp3) is 0.333. The molecule has 0 unspecified atom stereocenters. The number of aromatic nitrogens is 2. The molecule has 2 aromatic rings. The number of aliphatic hydroxyl groups is 1. The minimum absolute atomic E-state index is 0.0863. The number of hydrogen-bond donors (Lipinski definition) is 2. The molecule has 0 saturated heterocycles. The molecule has 0 spiro atoms. The molecular weight excluding hydrogens is 294 g/mol. The number of hydrogen-bond acceptors (Lipinski definition) is 7. The lowest BCUT2D eigenvalue weighted by Crippen LogP contribution is -2.13. The summed E-state index contributed by atoms with van der Waals surface area (Å²) in [6, 6.07) is 1.46. The molecule has 0 fully saturated rings. The molecule has 2 heterocycles. The van der Waals surface area contributed by atoms with Gasteiger partial charge in [0.25, 0.3) is 10.0 Å². The van der Waals surface area contributed by atoms with E-state index >= 15 is 0 Å². The van der Waals surface area contributed by atoms with E-state index < -0.39 is 10.0 Å². The highest BCUT2D eigenvalue weighted by atomic mass is 32.2. The molecule has 6 nitrogen and oxygen atoms in total. The van der Waals surface area contributed by atoms with E-state index in [2.05, 4.69) is 14.9 Å². The van der Waals surface area contributed by atoms with Crippen molar-refractivity contribution < 1.29 is 13.5 Å². The summed E-state index contributed by atoms with van der Waals surface area (Å²) in [5.74, 6) is 0. The summed E-state index contributed by atoms with van der Waals surface area (Å²) in [5.41, 5.74) is 0. The summed E-state index contributed by atoms with van der Waals surface area (Å²) in [4.78, 5) is 0.492. The zero-order chi connectivity index (χ0) is 13.2. The van der Waals surface area contributed by atoms with Gasteiger partial charge in [-0.1, -0.05) is 18.3 Å². The SMILES string of the molecule is CCc1nnc(NS(=O)(=O)c2ccsc2CO)s1. The van der Waals surface area contributed by atoms with Crippen LogP contribution in [0.4, 0.5) is 5.13 Å². The molecule has 0 radical (unpaired) electrons. The van der Waals surface area contributed by atoms with Crippen LogP contribution in [-0.4, -0.2) is 23.7 Å². The maximum absolute atomic E-state index is 12.1. The minimum atomic E-state index is -3.70. The fourth-order valence-electron chi connectivity index (χ4n) is 1.29. The predicted octanol–water partition coefficient (Wildman–Crippen LogP) is 1.46. The first-order chi connectivity index (χ1) is 8.56. The Morgan fingerprint density at radius 2 is 2.22 bits per heavy atom. The normalized spacial score (nSPS) is 11.7. The molecule has 0 bridgehead atoms. The highest BCUT2D eigenvalue weighted by Gasteiger charge is 2.21. The number of nitrogens with zero attached hydrogens (tertiary/aromatic N) is 2. The number of rotatable bonds is 5. The van der Waals surface area contributed by atoms with Crippen molar-refractivity contribution in [2.75, 3.05) is 4.72 Å². The molecule has 0 amide bonds. The number of aliphatic hydroxyl groups excluding tert-OH is 1. The zero-order valence-corrected chi connectivity index (χ0v) is 11.9. The fourth-order valence-corrected chi connectivity index (χ4v) is 4.50. The molecule has 0 atom stereocenters. The Morgan fingerprint density at radius 1 is 1.44 bits per heavy atom. The number of sulfonamides is 1. The molecule has 0 aliphatic carbocycles. The molecule has 2 N–H and O–H groups in total. The third-order valence-electron chi connectivity index (χ3n) is 2.13. The van der Waals surface area contributed by atoms with Crippen molar-refractivity contribution in [1.29, 1.82) is 0 Å². The summed E-state index contributed by atoms with van der Waals surface area (Å²) >= 11 is 2.39. The van der Waals surface area contributed by atoms with Crippen molar-refractivity contribution in [1.82, 2.24) is 10.2 Å². The first-order valence-corrected chi connectivity index (χ1v) is 8.27. The van der Waals surface area contributed by atoms with Crippen LogP contribution in [0.3, 0.4) is 0 Å². The van der Waals surface area contributed by atoms with E-state index in [0.717, 1.165) is 5.01 Å². The lowest BCUT2D eigenvalue weighted by atomic mass is 10.5. The number of thiophene rings is 1. The Kier molecular flexibility index (Phi) is 3.95. The van der Waals surface area contributed by atoms with E-state index in [9.17, 15) is 8.42 Å². The van der Waals surface area contributed by atoms with Crippen molar-refractivity contribution in [3.63, 3.8) is 0 Å². The van der Waals surface area contributed by atoms with Crippen LogP contribution in [0.2, 0.25) is 0 Å². The molecule has 0 aliphatic heterocycles. The molecular formula is C9H11N3O3S3. The van der Waals surface area contributed by atoms with Crippen LogP contribution in [0.15, 0.2) is 16.3 Å². The standard InChI is InChI=1S/C9H11N3O3S3/c1-2-8-10-11-9(17-8)12-18(14,15)7-3-4-16-6(7)5-13/h3-4,13H,2,5H2,1H3,(H,11,12). The van der Waals surface area contributed by atoms with E-state index in [1.807, 2.05) is 6.92 Å². The molecule has 0 saturated carbocycles. The van der Waals surface area contributed by atoms with Gasteiger partial charge in [0.05, 0.1) is 11.5 Å². The van der Waals surface area contributed by atoms with Gasteiger partial charge in [0, 0.05) is 0 Å². The number of aryl methyl sites for hydroxylation is 1. The van der Waals surface area contributed by atoms with E-state index in [-0.39, 0.29) is 16.6 Å². The summed E-state index contributed by atoms with van der Waals surface area (Å²) in [6.07, 6.45) is 0.708. The van der Waals surface area contributed by atoms with Gasteiger partial charge in [-0.05, 0) is 17.9 Å². The van der Waals surface area contributed by atoms with E-state index in [1.54, 1.807) is 5.38 Å². The summed E-state index contributed by atoms with van der Waals surface area (Å²) in [7, 11) is -3.70. The summed E-state index contributed by atoms with van der Waals surface area (Å²) in [6.45, 7) is 1.62. The largest absolute Gasteiger partial charge is 0.391 e. The molecule has 0 aromatic carbocycles. The van der Waals surface area contributed by atoms with Crippen LogP contribution < -0.4 is 4.72 Å².